The van der Waals surface area contributed by atoms with Crippen LogP contribution in [0.5, 0.6) is 17.2 Å². The highest BCUT2D eigenvalue weighted by Crippen LogP contribution is 2.33. The molecule has 0 radical (unpaired) electrons. The number of methoxy groups -OCH3 is 3. The van der Waals surface area contributed by atoms with E-state index in [1.54, 1.807) is 33.5 Å². The number of benzene rings is 2. The summed E-state index contributed by atoms with van der Waals surface area (Å²) in [6.45, 7) is 2.38. The van der Waals surface area contributed by atoms with Gasteiger partial charge in [0.2, 0.25) is 5.91 Å². The maximum Gasteiger partial charge on any atom is 0.220 e. The highest BCUT2D eigenvalue weighted by atomic mass is 16.5. The number of rotatable bonds is 8. The zero-order valence-electron chi connectivity index (χ0n) is 15.2. The van der Waals surface area contributed by atoms with Crippen LogP contribution in [-0.2, 0) is 17.8 Å². The highest BCUT2D eigenvalue weighted by molar-refractivity contribution is 5.76. The fraction of sp³-hybridized carbons (Fsp3) is 0.350. The molecule has 0 saturated carbocycles. The molecule has 5 nitrogen and oxygen atoms in total. The van der Waals surface area contributed by atoms with Gasteiger partial charge >= 0.3 is 0 Å². The molecule has 0 bridgehead atoms. The minimum Gasteiger partial charge on any atom is -0.496 e. The lowest BCUT2D eigenvalue weighted by Crippen LogP contribution is -2.23. The van der Waals surface area contributed by atoms with E-state index in [4.69, 9.17) is 14.2 Å². The SMILES string of the molecule is COc1cc(OC)c(CNC(=O)CCc2cccc(C)c2)c(OC)c1. The average Bonchev–Trinajstić information content (AvgIpc) is 2.63. The molecule has 0 aliphatic rings. The van der Waals surface area contributed by atoms with E-state index in [0.29, 0.717) is 36.6 Å². The van der Waals surface area contributed by atoms with Crippen molar-refractivity contribution in [3.63, 3.8) is 0 Å². The van der Waals surface area contributed by atoms with Crippen molar-refractivity contribution in [3.05, 3.63) is 53.1 Å². The van der Waals surface area contributed by atoms with Crippen LogP contribution in [0.4, 0.5) is 0 Å². The smallest absolute Gasteiger partial charge is 0.220 e. The Labute approximate surface area is 148 Å². The van der Waals surface area contributed by atoms with Crippen molar-refractivity contribution < 1.29 is 19.0 Å². The molecule has 0 aromatic heterocycles. The van der Waals surface area contributed by atoms with Crippen molar-refractivity contribution in [3.8, 4) is 17.2 Å². The van der Waals surface area contributed by atoms with Gasteiger partial charge in [-0.25, -0.2) is 0 Å². The predicted octanol–water partition coefficient (Wildman–Crippen LogP) is 3.27. The number of carbonyl (C=O) groups is 1. The summed E-state index contributed by atoms with van der Waals surface area (Å²) in [6, 6.07) is 11.7. The minimum absolute atomic E-state index is 0.0126. The number of nitrogens with one attached hydrogen (secondary N) is 1. The Hall–Kier alpha value is -2.69. The molecule has 0 saturated heterocycles. The van der Waals surface area contributed by atoms with E-state index in [0.717, 1.165) is 11.1 Å². The Morgan fingerprint density at radius 2 is 1.68 bits per heavy atom. The van der Waals surface area contributed by atoms with Crippen molar-refractivity contribution in [2.45, 2.75) is 26.3 Å². The van der Waals surface area contributed by atoms with Crippen LogP contribution in [0.15, 0.2) is 36.4 Å². The molecule has 2 rings (SSSR count). The first-order valence-electron chi connectivity index (χ1n) is 8.18. The normalized spacial score (nSPS) is 10.2. The fourth-order valence-corrected chi connectivity index (χ4v) is 2.65. The molecule has 0 atom stereocenters. The Kier molecular flexibility index (Phi) is 6.69. The third kappa shape index (κ3) is 5.14. The van der Waals surface area contributed by atoms with Crippen molar-refractivity contribution in [1.29, 1.82) is 0 Å². The summed E-state index contributed by atoms with van der Waals surface area (Å²) < 4.78 is 16.0. The van der Waals surface area contributed by atoms with Crippen LogP contribution in [0.2, 0.25) is 0 Å². The maximum atomic E-state index is 12.2. The van der Waals surface area contributed by atoms with Crippen molar-refractivity contribution in [2.24, 2.45) is 0 Å². The molecule has 0 aliphatic carbocycles. The summed E-state index contributed by atoms with van der Waals surface area (Å²) in [5.41, 5.74) is 3.15. The number of carbonyl (C=O) groups excluding carboxylic acids is 1. The zero-order chi connectivity index (χ0) is 18.2. The van der Waals surface area contributed by atoms with E-state index in [-0.39, 0.29) is 5.91 Å². The van der Waals surface area contributed by atoms with Gasteiger partial charge in [0.1, 0.15) is 17.2 Å². The second kappa shape index (κ2) is 8.97. The lowest BCUT2D eigenvalue weighted by molar-refractivity contribution is -0.121. The molecule has 1 N–H and O–H groups in total. The van der Waals surface area contributed by atoms with Gasteiger partial charge in [0.25, 0.3) is 0 Å². The van der Waals surface area contributed by atoms with Crippen molar-refractivity contribution in [2.75, 3.05) is 21.3 Å². The number of ether oxygens (including phenoxy) is 3. The Morgan fingerprint density at radius 1 is 1.00 bits per heavy atom. The number of hydrogen-bond donors (Lipinski definition) is 1. The second-order valence-electron chi connectivity index (χ2n) is 5.78. The molecular weight excluding hydrogens is 318 g/mol. The first-order chi connectivity index (χ1) is 12.1. The van der Waals surface area contributed by atoms with Crippen molar-refractivity contribution >= 4 is 5.91 Å². The quantitative estimate of drug-likeness (QED) is 0.799. The van der Waals surface area contributed by atoms with Gasteiger partial charge in [0, 0.05) is 18.6 Å². The standard InChI is InChI=1S/C20H25NO4/c1-14-6-5-7-15(10-14)8-9-20(22)21-13-17-18(24-3)11-16(23-2)12-19(17)25-4/h5-7,10-12H,8-9,13H2,1-4H3,(H,21,22). The summed E-state index contributed by atoms with van der Waals surface area (Å²) in [6.07, 6.45) is 1.15. The molecule has 5 heteroatoms. The van der Waals surface area contributed by atoms with E-state index < -0.39 is 0 Å². The van der Waals surface area contributed by atoms with E-state index in [9.17, 15) is 4.79 Å². The lowest BCUT2D eigenvalue weighted by Gasteiger charge is -2.15. The molecule has 0 unspecified atom stereocenters. The van der Waals surface area contributed by atoms with Crippen LogP contribution in [0, 0.1) is 6.92 Å². The number of hydrogen-bond acceptors (Lipinski definition) is 4. The van der Waals surface area contributed by atoms with Gasteiger partial charge in [0.05, 0.1) is 33.4 Å². The van der Waals surface area contributed by atoms with E-state index >= 15 is 0 Å². The van der Waals surface area contributed by atoms with Crippen LogP contribution >= 0.6 is 0 Å². The Bertz CT molecular complexity index is 702. The topological polar surface area (TPSA) is 56.8 Å². The molecule has 0 aliphatic heterocycles. The zero-order valence-corrected chi connectivity index (χ0v) is 15.2. The Morgan fingerprint density at radius 3 is 2.24 bits per heavy atom. The second-order valence-corrected chi connectivity index (χ2v) is 5.78. The van der Waals surface area contributed by atoms with Gasteiger partial charge in [-0.3, -0.25) is 4.79 Å². The summed E-state index contributed by atoms with van der Waals surface area (Å²) in [4.78, 5) is 12.2. The molecule has 0 spiro atoms. The van der Waals surface area contributed by atoms with Crippen LogP contribution in [0.3, 0.4) is 0 Å². The molecule has 134 valence electrons. The molecular formula is C20H25NO4. The molecule has 1 amide bonds. The molecule has 0 heterocycles. The van der Waals surface area contributed by atoms with Gasteiger partial charge in [-0.05, 0) is 18.9 Å². The third-order valence-electron chi connectivity index (χ3n) is 4.00. The van der Waals surface area contributed by atoms with Gasteiger partial charge in [-0.1, -0.05) is 29.8 Å². The molecule has 25 heavy (non-hydrogen) atoms. The molecule has 0 fully saturated rings. The summed E-state index contributed by atoms with van der Waals surface area (Å²) >= 11 is 0. The van der Waals surface area contributed by atoms with E-state index in [1.807, 2.05) is 25.1 Å². The maximum absolute atomic E-state index is 12.2. The Balaban J connectivity index is 1.99. The van der Waals surface area contributed by atoms with Gasteiger partial charge < -0.3 is 19.5 Å². The monoisotopic (exact) mass is 343 g/mol. The van der Waals surface area contributed by atoms with E-state index in [2.05, 4.69) is 11.4 Å². The largest absolute Gasteiger partial charge is 0.496 e. The van der Waals surface area contributed by atoms with Gasteiger partial charge in [-0.2, -0.15) is 0 Å². The van der Waals surface area contributed by atoms with Crippen LogP contribution in [0.25, 0.3) is 0 Å². The van der Waals surface area contributed by atoms with Crippen LogP contribution in [-0.4, -0.2) is 27.2 Å². The van der Waals surface area contributed by atoms with Gasteiger partial charge in [0.15, 0.2) is 0 Å². The first kappa shape index (κ1) is 18.6. The van der Waals surface area contributed by atoms with Crippen molar-refractivity contribution in [1.82, 2.24) is 5.32 Å². The number of aryl methyl sites for hydroxylation is 2. The predicted molar refractivity (Wildman–Crippen MR) is 97.4 cm³/mol. The molecule has 2 aromatic rings. The summed E-state index contributed by atoms with van der Waals surface area (Å²) in [5.74, 6) is 1.87. The van der Waals surface area contributed by atoms with Gasteiger partial charge in [-0.15, -0.1) is 0 Å². The first-order valence-corrected chi connectivity index (χ1v) is 8.18. The summed E-state index contributed by atoms with van der Waals surface area (Å²) in [7, 11) is 4.75. The third-order valence-corrected chi connectivity index (χ3v) is 4.00. The lowest BCUT2D eigenvalue weighted by atomic mass is 10.1. The summed E-state index contributed by atoms with van der Waals surface area (Å²) in [5, 5.41) is 2.93. The van der Waals surface area contributed by atoms with Crippen LogP contribution < -0.4 is 19.5 Å². The highest BCUT2D eigenvalue weighted by Gasteiger charge is 2.14. The van der Waals surface area contributed by atoms with E-state index in [1.165, 1.54) is 5.56 Å². The van der Waals surface area contributed by atoms with Crippen LogP contribution in [0.1, 0.15) is 23.1 Å². The minimum atomic E-state index is -0.0126. The number of amides is 1. The fourth-order valence-electron chi connectivity index (χ4n) is 2.65. The molecule has 2 aromatic carbocycles. The average molecular weight is 343 g/mol.